The SMILES string of the molecule is CC1=C(Cl)C(c2cccc([N+](=O)[O-])c2)C([N+](=O)[O-])=C(C)N1. The third-order valence-electron chi connectivity index (χ3n) is 3.26. The highest BCUT2D eigenvalue weighted by atomic mass is 35.5. The number of benzene rings is 1. The molecular weight excluding hydrogens is 298 g/mol. The zero-order valence-electron chi connectivity index (χ0n) is 11.3. The van der Waals surface area contributed by atoms with Gasteiger partial charge < -0.3 is 5.32 Å². The quantitative estimate of drug-likeness (QED) is 0.682. The van der Waals surface area contributed by atoms with Gasteiger partial charge in [-0.2, -0.15) is 0 Å². The summed E-state index contributed by atoms with van der Waals surface area (Å²) in [4.78, 5) is 21.1. The average Bonchev–Trinajstić information content (AvgIpc) is 2.42. The summed E-state index contributed by atoms with van der Waals surface area (Å²) in [5, 5.41) is 25.3. The Bertz CT molecular complexity index is 696. The van der Waals surface area contributed by atoms with Gasteiger partial charge in [-0.05, 0) is 19.4 Å². The first-order valence-electron chi connectivity index (χ1n) is 6.05. The monoisotopic (exact) mass is 309 g/mol. The molecule has 1 aromatic rings. The first kappa shape index (κ1) is 15.0. The number of hydrogen-bond acceptors (Lipinski definition) is 5. The van der Waals surface area contributed by atoms with Crippen LogP contribution in [0.25, 0.3) is 0 Å². The summed E-state index contributed by atoms with van der Waals surface area (Å²) in [7, 11) is 0. The molecule has 1 aliphatic rings. The fraction of sp³-hybridized carbons (Fsp3) is 0.231. The van der Waals surface area contributed by atoms with E-state index in [1.54, 1.807) is 19.9 Å². The molecule has 1 N–H and O–H groups in total. The third-order valence-corrected chi connectivity index (χ3v) is 3.76. The van der Waals surface area contributed by atoms with E-state index in [1.165, 1.54) is 18.2 Å². The van der Waals surface area contributed by atoms with Crippen molar-refractivity contribution in [2.45, 2.75) is 19.8 Å². The Labute approximate surface area is 125 Å². The summed E-state index contributed by atoms with van der Waals surface area (Å²) in [6.07, 6.45) is 0. The third kappa shape index (κ3) is 2.73. The van der Waals surface area contributed by atoms with Gasteiger partial charge in [0.15, 0.2) is 0 Å². The molecule has 0 aromatic heterocycles. The maximum Gasteiger partial charge on any atom is 0.277 e. The molecule has 0 radical (unpaired) electrons. The standard InChI is InChI=1S/C13H12ClN3O4/c1-7-12(14)11(13(17(20)21)8(2)15-7)9-4-3-5-10(6-9)16(18)19/h3-6,11,15H,1-2H3. The molecule has 0 fully saturated rings. The second-order valence-electron chi connectivity index (χ2n) is 4.65. The molecular formula is C13H12ClN3O4. The molecule has 1 aromatic carbocycles. The maximum absolute atomic E-state index is 11.3. The van der Waals surface area contributed by atoms with E-state index < -0.39 is 15.8 Å². The lowest BCUT2D eigenvalue weighted by Gasteiger charge is -2.24. The topological polar surface area (TPSA) is 98.3 Å². The van der Waals surface area contributed by atoms with Gasteiger partial charge in [-0.15, -0.1) is 0 Å². The van der Waals surface area contributed by atoms with Crippen molar-refractivity contribution in [1.82, 2.24) is 5.32 Å². The van der Waals surface area contributed by atoms with Crippen LogP contribution in [0.4, 0.5) is 5.69 Å². The highest BCUT2D eigenvalue weighted by Crippen LogP contribution is 2.40. The molecule has 1 aliphatic heterocycles. The van der Waals surface area contributed by atoms with Crippen molar-refractivity contribution in [3.05, 3.63) is 72.2 Å². The normalized spacial score (nSPS) is 18.5. The summed E-state index contributed by atoms with van der Waals surface area (Å²) < 4.78 is 0. The van der Waals surface area contributed by atoms with Gasteiger partial charge in [0.2, 0.25) is 0 Å². The van der Waals surface area contributed by atoms with Gasteiger partial charge in [0.1, 0.15) is 5.92 Å². The molecule has 1 heterocycles. The summed E-state index contributed by atoms with van der Waals surface area (Å²) in [6.45, 7) is 3.28. The van der Waals surface area contributed by atoms with E-state index in [0.29, 0.717) is 17.0 Å². The molecule has 0 spiro atoms. The van der Waals surface area contributed by atoms with Gasteiger partial charge in [-0.3, -0.25) is 20.2 Å². The van der Waals surface area contributed by atoms with E-state index in [0.717, 1.165) is 0 Å². The lowest BCUT2D eigenvalue weighted by atomic mass is 9.91. The summed E-state index contributed by atoms with van der Waals surface area (Å²) in [5.74, 6) is -0.817. The van der Waals surface area contributed by atoms with Crippen molar-refractivity contribution < 1.29 is 9.85 Å². The van der Waals surface area contributed by atoms with Crippen molar-refractivity contribution in [2.75, 3.05) is 0 Å². The summed E-state index contributed by atoms with van der Waals surface area (Å²) in [5.41, 5.74) is 1.15. The van der Waals surface area contributed by atoms with Crippen molar-refractivity contribution in [3.63, 3.8) is 0 Å². The Kier molecular flexibility index (Phi) is 3.95. The molecule has 21 heavy (non-hydrogen) atoms. The molecule has 0 bridgehead atoms. The van der Waals surface area contributed by atoms with Crippen molar-refractivity contribution in [2.24, 2.45) is 0 Å². The van der Waals surface area contributed by atoms with E-state index in [2.05, 4.69) is 5.32 Å². The van der Waals surface area contributed by atoms with E-state index >= 15 is 0 Å². The Morgan fingerprint density at radius 1 is 1.14 bits per heavy atom. The minimum atomic E-state index is -0.817. The number of nitrogens with zero attached hydrogens (tertiary/aromatic N) is 2. The number of hydrogen-bond donors (Lipinski definition) is 1. The van der Waals surface area contributed by atoms with Crippen molar-refractivity contribution in [3.8, 4) is 0 Å². The van der Waals surface area contributed by atoms with Crippen molar-refractivity contribution in [1.29, 1.82) is 0 Å². The zero-order chi connectivity index (χ0) is 15.7. The van der Waals surface area contributed by atoms with Gasteiger partial charge in [-0.25, -0.2) is 0 Å². The minimum Gasteiger partial charge on any atom is -0.356 e. The summed E-state index contributed by atoms with van der Waals surface area (Å²) in [6, 6.07) is 5.72. The number of nitro groups is 2. The number of non-ortho nitro benzene ring substituents is 1. The Morgan fingerprint density at radius 3 is 2.38 bits per heavy atom. The van der Waals surface area contributed by atoms with E-state index in [1.807, 2.05) is 0 Å². The molecule has 0 amide bonds. The molecule has 8 heteroatoms. The van der Waals surface area contributed by atoms with Crippen LogP contribution < -0.4 is 5.32 Å². The molecule has 1 unspecified atom stereocenters. The Morgan fingerprint density at radius 2 is 1.81 bits per heavy atom. The molecule has 7 nitrogen and oxygen atoms in total. The van der Waals surface area contributed by atoms with Crippen LogP contribution >= 0.6 is 11.6 Å². The number of nitro benzene ring substituents is 1. The number of dihydropyridines is 1. The highest BCUT2D eigenvalue weighted by molar-refractivity contribution is 6.31. The molecule has 2 rings (SSSR count). The van der Waals surface area contributed by atoms with Crippen LogP contribution in [0.15, 0.2) is 46.4 Å². The van der Waals surface area contributed by atoms with Crippen LogP contribution in [-0.4, -0.2) is 9.85 Å². The van der Waals surface area contributed by atoms with E-state index in [4.69, 9.17) is 11.6 Å². The number of allylic oxidation sites excluding steroid dienone is 3. The molecule has 0 saturated carbocycles. The van der Waals surface area contributed by atoms with E-state index in [9.17, 15) is 20.2 Å². The van der Waals surface area contributed by atoms with Crippen molar-refractivity contribution >= 4 is 17.3 Å². The van der Waals surface area contributed by atoms with Crippen LogP contribution in [0.5, 0.6) is 0 Å². The predicted molar refractivity (Wildman–Crippen MR) is 77.2 cm³/mol. The molecule has 110 valence electrons. The second kappa shape index (κ2) is 5.53. The smallest absolute Gasteiger partial charge is 0.277 e. The lowest BCUT2D eigenvalue weighted by Crippen LogP contribution is -2.26. The largest absolute Gasteiger partial charge is 0.356 e. The van der Waals surface area contributed by atoms with Crippen LogP contribution in [-0.2, 0) is 0 Å². The first-order valence-corrected chi connectivity index (χ1v) is 6.43. The fourth-order valence-electron chi connectivity index (χ4n) is 2.32. The fourth-order valence-corrected chi connectivity index (χ4v) is 2.60. The average molecular weight is 310 g/mol. The van der Waals surface area contributed by atoms with Crippen LogP contribution in [0.2, 0.25) is 0 Å². The highest BCUT2D eigenvalue weighted by Gasteiger charge is 2.36. The summed E-state index contributed by atoms with van der Waals surface area (Å²) >= 11 is 6.21. The van der Waals surface area contributed by atoms with Crippen LogP contribution in [0.1, 0.15) is 25.3 Å². The predicted octanol–water partition coefficient (Wildman–Crippen LogP) is 3.26. The van der Waals surface area contributed by atoms with Gasteiger partial charge in [0.05, 0.1) is 20.6 Å². The van der Waals surface area contributed by atoms with Gasteiger partial charge in [0.25, 0.3) is 11.4 Å². The van der Waals surface area contributed by atoms with Crippen LogP contribution in [0.3, 0.4) is 0 Å². The van der Waals surface area contributed by atoms with E-state index in [-0.39, 0.29) is 16.4 Å². The van der Waals surface area contributed by atoms with Gasteiger partial charge in [-0.1, -0.05) is 23.7 Å². The van der Waals surface area contributed by atoms with Gasteiger partial charge >= 0.3 is 0 Å². The number of halogens is 1. The maximum atomic E-state index is 11.3. The molecule has 1 atom stereocenters. The number of rotatable bonds is 3. The zero-order valence-corrected chi connectivity index (χ0v) is 12.0. The van der Waals surface area contributed by atoms with Gasteiger partial charge in [0, 0.05) is 17.8 Å². The molecule has 0 aliphatic carbocycles. The number of nitrogens with one attached hydrogen (secondary N) is 1. The molecule has 0 saturated heterocycles. The Balaban J connectivity index is 2.62. The first-order chi connectivity index (χ1) is 9.82. The lowest BCUT2D eigenvalue weighted by molar-refractivity contribution is -0.430. The second-order valence-corrected chi connectivity index (χ2v) is 5.06. The Hall–Kier alpha value is -2.41. The minimum absolute atomic E-state index is 0.105. The van der Waals surface area contributed by atoms with Crippen LogP contribution in [0, 0.1) is 20.2 Å².